The zero-order valence-corrected chi connectivity index (χ0v) is 7.89. The monoisotopic (exact) mass is 195 g/mol. The van der Waals surface area contributed by atoms with Crippen molar-refractivity contribution in [1.82, 2.24) is 0 Å². The fourth-order valence-electron chi connectivity index (χ4n) is 0.285. The Kier molecular flexibility index (Phi) is 7.65. The maximum absolute atomic E-state index is 10.0. The lowest BCUT2D eigenvalue weighted by Crippen LogP contribution is -2.34. The summed E-state index contributed by atoms with van der Waals surface area (Å²) in [5.41, 5.74) is 5.16. The van der Waals surface area contributed by atoms with Crippen LogP contribution in [0, 0.1) is 5.92 Å². The molecule has 0 aromatic rings. The molecule has 6 nitrogen and oxygen atoms in total. The van der Waals surface area contributed by atoms with Crippen LogP contribution in [0.1, 0.15) is 13.8 Å². The first-order valence-electron chi connectivity index (χ1n) is 3.19. The zero-order valence-electron chi connectivity index (χ0n) is 6.89. The molecule has 0 spiro atoms. The fraction of sp³-hybridized carbons (Fsp3) is 0.800. The molecule has 0 bridgehead atoms. The van der Waals surface area contributed by atoms with Crippen molar-refractivity contribution in [3.05, 3.63) is 0 Å². The van der Waals surface area contributed by atoms with Gasteiger partial charge >= 0.3 is 15.1 Å². The van der Waals surface area contributed by atoms with Crippen molar-refractivity contribution < 1.29 is 24.0 Å². The van der Waals surface area contributed by atoms with E-state index in [1.807, 2.05) is 0 Å². The first-order valence-corrected chi connectivity index (χ1v) is 4.49. The molecule has 5 N–H and O–H groups in total. The molecular formula is C5H13NO5Si. The molecule has 0 aliphatic rings. The third-order valence-corrected chi connectivity index (χ3v) is 1.00. The van der Waals surface area contributed by atoms with Crippen molar-refractivity contribution in [2.75, 3.05) is 0 Å². The number of aliphatic carboxylic acids is 1. The minimum atomic E-state index is -3.13. The molecule has 0 aromatic heterocycles. The van der Waals surface area contributed by atoms with Crippen LogP contribution in [0.15, 0.2) is 0 Å². The topological polar surface area (TPSA) is 121 Å². The zero-order chi connectivity index (χ0) is 10.3. The molecule has 7 heteroatoms. The molecule has 0 saturated heterocycles. The first kappa shape index (κ1) is 13.6. The predicted octanol–water partition coefficient (Wildman–Crippen LogP) is -1.56. The average molecular weight is 195 g/mol. The lowest BCUT2D eigenvalue weighted by atomic mass is 10.1. The van der Waals surface area contributed by atoms with Gasteiger partial charge in [0, 0.05) is 0 Å². The second-order valence-electron chi connectivity index (χ2n) is 2.39. The van der Waals surface area contributed by atoms with Crippen molar-refractivity contribution in [3.8, 4) is 0 Å². The van der Waals surface area contributed by atoms with Crippen molar-refractivity contribution >= 4 is 15.1 Å². The van der Waals surface area contributed by atoms with E-state index in [1.54, 1.807) is 13.8 Å². The summed E-state index contributed by atoms with van der Waals surface area (Å²) in [4.78, 5) is 24.3. The molecule has 0 heterocycles. The van der Waals surface area contributed by atoms with Crippen molar-refractivity contribution in [1.29, 1.82) is 0 Å². The summed E-state index contributed by atoms with van der Waals surface area (Å²) in [6.45, 7) is 3.55. The van der Waals surface area contributed by atoms with Gasteiger partial charge in [0.1, 0.15) is 6.04 Å². The summed E-state index contributed by atoms with van der Waals surface area (Å²) >= 11 is 0. The minimum absolute atomic E-state index is 0.0208. The van der Waals surface area contributed by atoms with Gasteiger partial charge in [-0.3, -0.25) is 9.26 Å². The highest BCUT2D eigenvalue weighted by Crippen LogP contribution is 1.96. The van der Waals surface area contributed by atoms with E-state index < -0.39 is 21.2 Å². The Balaban J connectivity index is 0. The molecule has 1 atom stereocenters. The van der Waals surface area contributed by atoms with Gasteiger partial charge < -0.3 is 20.4 Å². The molecule has 0 rings (SSSR count). The van der Waals surface area contributed by atoms with Gasteiger partial charge in [0.05, 0.1) is 0 Å². The molecule has 0 aromatic carbocycles. The van der Waals surface area contributed by atoms with E-state index in [0.29, 0.717) is 0 Å². The highest BCUT2D eigenvalue weighted by atomic mass is 28.3. The Morgan fingerprint density at radius 2 is 1.67 bits per heavy atom. The van der Waals surface area contributed by atoms with Gasteiger partial charge in [-0.05, 0) is 5.92 Å². The van der Waals surface area contributed by atoms with Gasteiger partial charge in [0.25, 0.3) is 0 Å². The largest absolute Gasteiger partial charge is 0.761 e. The summed E-state index contributed by atoms with van der Waals surface area (Å²) < 4.78 is 8.74. The Morgan fingerprint density at radius 3 is 1.67 bits per heavy atom. The Morgan fingerprint density at radius 1 is 1.42 bits per heavy atom. The van der Waals surface area contributed by atoms with Crippen molar-refractivity contribution in [2.24, 2.45) is 11.7 Å². The molecular weight excluding hydrogens is 182 g/mol. The van der Waals surface area contributed by atoms with Gasteiger partial charge in [-0.1, -0.05) is 13.8 Å². The first-order chi connectivity index (χ1) is 5.29. The minimum Gasteiger partial charge on any atom is -0.511 e. The summed E-state index contributed by atoms with van der Waals surface area (Å²) in [6.07, 6.45) is 0. The van der Waals surface area contributed by atoms with Crippen LogP contribution in [-0.4, -0.2) is 35.9 Å². The SMILES string of the molecule is CC(C)[C@H](N)C(=O)O.O=[Si](O)O. The van der Waals surface area contributed by atoms with Gasteiger partial charge in [0.15, 0.2) is 0 Å². The van der Waals surface area contributed by atoms with Crippen LogP contribution in [0.3, 0.4) is 0 Å². The second kappa shape index (κ2) is 6.74. The number of carboxylic acids is 1. The van der Waals surface area contributed by atoms with Crippen LogP contribution in [0.25, 0.3) is 0 Å². The fourth-order valence-corrected chi connectivity index (χ4v) is 0.285. The van der Waals surface area contributed by atoms with Crippen LogP contribution in [0.2, 0.25) is 0 Å². The van der Waals surface area contributed by atoms with E-state index in [2.05, 4.69) is 0 Å². The number of hydrogen-bond acceptors (Lipinski definition) is 3. The number of hydrogen-bond donors (Lipinski definition) is 4. The van der Waals surface area contributed by atoms with Crippen molar-refractivity contribution in [3.63, 3.8) is 0 Å². The molecule has 72 valence electrons. The maximum atomic E-state index is 10.0. The van der Waals surface area contributed by atoms with E-state index in [9.17, 15) is 4.79 Å². The Labute approximate surface area is 71.5 Å². The number of rotatable bonds is 2. The van der Waals surface area contributed by atoms with Crippen molar-refractivity contribution in [2.45, 2.75) is 19.9 Å². The normalized spacial score (nSPS) is 11.3. The molecule has 0 fully saturated rings. The quantitative estimate of drug-likeness (QED) is 0.395. The van der Waals surface area contributed by atoms with E-state index in [1.165, 1.54) is 0 Å². The van der Waals surface area contributed by atoms with E-state index in [0.717, 1.165) is 0 Å². The lowest BCUT2D eigenvalue weighted by molar-refractivity contribution is -0.139. The highest BCUT2D eigenvalue weighted by molar-refractivity contribution is 6.22. The van der Waals surface area contributed by atoms with Crippen LogP contribution in [-0.2, 0) is 9.26 Å². The number of nitrogens with two attached hydrogens (primary N) is 1. The van der Waals surface area contributed by atoms with Crippen LogP contribution in [0.5, 0.6) is 0 Å². The third-order valence-electron chi connectivity index (χ3n) is 1.00. The average Bonchev–Trinajstić information content (AvgIpc) is 1.84. The molecule has 0 amide bonds. The maximum Gasteiger partial charge on any atom is 0.761 e. The number of carboxylic acid groups (broad SMARTS) is 1. The molecule has 0 aliphatic carbocycles. The predicted molar refractivity (Wildman–Crippen MR) is 41.3 cm³/mol. The van der Waals surface area contributed by atoms with E-state index >= 15 is 0 Å². The summed E-state index contributed by atoms with van der Waals surface area (Å²) in [5, 5.41) is 8.23. The van der Waals surface area contributed by atoms with E-state index in [-0.39, 0.29) is 5.92 Å². The van der Waals surface area contributed by atoms with Gasteiger partial charge in [-0.25, -0.2) is 0 Å². The summed E-state index contributed by atoms with van der Waals surface area (Å²) in [7, 11) is -3.13. The Bertz CT molecular complexity index is 156. The van der Waals surface area contributed by atoms with Crippen LogP contribution in [0.4, 0.5) is 0 Å². The molecule has 0 aliphatic heterocycles. The highest BCUT2D eigenvalue weighted by Gasteiger charge is 2.14. The number of carbonyl (C=O) groups is 1. The molecule has 0 saturated carbocycles. The second-order valence-corrected chi connectivity index (χ2v) is 2.96. The van der Waals surface area contributed by atoms with Gasteiger partial charge in [-0.15, -0.1) is 0 Å². The standard InChI is InChI=1S/C5H11NO2.H2O3Si/c1-3(2)4(6)5(7)8;1-4(2)3/h3-4H,6H2,1-2H3,(H,7,8);1-2H/t4-;/m0./s1. The molecule has 12 heavy (non-hydrogen) atoms. The van der Waals surface area contributed by atoms with Gasteiger partial charge in [0.2, 0.25) is 0 Å². The van der Waals surface area contributed by atoms with Crippen LogP contribution < -0.4 is 5.73 Å². The summed E-state index contributed by atoms with van der Waals surface area (Å²) in [5.74, 6) is -0.910. The molecule has 0 radical (unpaired) electrons. The van der Waals surface area contributed by atoms with Crippen LogP contribution >= 0.6 is 0 Å². The smallest absolute Gasteiger partial charge is 0.511 e. The molecule has 0 unspecified atom stereocenters. The lowest BCUT2D eigenvalue weighted by Gasteiger charge is -2.07. The van der Waals surface area contributed by atoms with E-state index in [4.69, 9.17) is 24.9 Å². The Hall–Kier alpha value is -0.953. The summed E-state index contributed by atoms with van der Waals surface area (Å²) in [6, 6.07) is -0.713. The third kappa shape index (κ3) is 11.8. The van der Waals surface area contributed by atoms with Gasteiger partial charge in [-0.2, -0.15) is 0 Å².